The molecule has 0 atom stereocenters. The fourth-order valence-corrected chi connectivity index (χ4v) is 4.16. The first-order chi connectivity index (χ1) is 16.2. The number of amides is 1. The van der Waals surface area contributed by atoms with Gasteiger partial charge in [0.1, 0.15) is 0 Å². The minimum atomic E-state index is -4.63. The first kappa shape index (κ1) is 24.1. The van der Waals surface area contributed by atoms with Crippen molar-refractivity contribution < 1.29 is 18.0 Å². The van der Waals surface area contributed by atoms with Crippen molar-refractivity contribution in [2.75, 3.05) is 5.32 Å². The molecular weight excluding hydrogens is 490 g/mol. The lowest BCUT2D eigenvalue weighted by Gasteiger charge is -2.15. The van der Waals surface area contributed by atoms with Crippen LogP contribution in [0.15, 0.2) is 59.6 Å². The van der Waals surface area contributed by atoms with Crippen molar-refractivity contribution in [1.82, 2.24) is 15.1 Å². The zero-order chi connectivity index (χ0) is 24.3. The number of anilines is 1. The van der Waals surface area contributed by atoms with Crippen LogP contribution in [0.25, 0.3) is 0 Å². The molecule has 0 radical (unpaired) electrons. The van der Waals surface area contributed by atoms with E-state index in [1.807, 2.05) is 0 Å². The lowest BCUT2D eigenvalue weighted by molar-refractivity contribution is -0.141. The van der Waals surface area contributed by atoms with E-state index in [9.17, 15) is 18.0 Å². The molecule has 0 saturated heterocycles. The van der Waals surface area contributed by atoms with Gasteiger partial charge in [-0.25, -0.2) is 4.68 Å². The second-order valence-corrected chi connectivity index (χ2v) is 8.64. The lowest BCUT2D eigenvalue weighted by atomic mass is 10.2. The molecule has 0 aliphatic heterocycles. The zero-order valence-corrected chi connectivity index (χ0v) is 19.3. The van der Waals surface area contributed by atoms with Gasteiger partial charge in [-0.15, -0.1) is 0 Å². The molecule has 0 spiro atoms. The van der Waals surface area contributed by atoms with E-state index in [1.165, 1.54) is 10.7 Å². The fourth-order valence-electron chi connectivity index (χ4n) is 3.75. The van der Waals surface area contributed by atoms with Crippen LogP contribution in [-0.4, -0.2) is 21.6 Å². The van der Waals surface area contributed by atoms with Crippen molar-refractivity contribution in [3.05, 3.63) is 75.9 Å². The molecule has 0 unspecified atom stereocenters. The number of hydrogen-bond donors (Lipinski definition) is 2. The van der Waals surface area contributed by atoms with Gasteiger partial charge in [0.05, 0.1) is 16.6 Å². The van der Waals surface area contributed by atoms with Crippen LogP contribution in [0.1, 0.15) is 47.8 Å². The molecule has 3 aromatic rings. The Morgan fingerprint density at radius 1 is 1.06 bits per heavy atom. The van der Waals surface area contributed by atoms with E-state index in [2.05, 4.69) is 20.7 Å². The number of carbonyl (C=O) groups is 1. The fraction of sp³-hybridized carbons (Fsp3) is 0.261. The van der Waals surface area contributed by atoms with Crippen molar-refractivity contribution in [1.29, 1.82) is 0 Å². The van der Waals surface area contributed by atoms with Gasteiger partial charge in [-0.05, 0) is 43.2 Å². The number of hydrogen-bond acceptors (Lipinski definition) is 3. The summed E-state index contributed by atoms with van der Waals surface area (Å²) in [4.78, 5) is 17.2. The highest BCUT2D eigenvalue weighted by atomic mass is 35.5. The van der Waals surface area contributed by atoms with Crippen LogP contribution in [0.4, 0.5) is 24.7 Å². The van der Waals surface area contributed by atoms with Crippen molar-refractivity contribution in [3.63, 3.8) is 0 Å². The van der Waals surface area contributed by atoms with Gasteiger partial charge in [-0.1, -0.05) is 54.2 Å². The number of aromatic nitrogens is 2. The summed E-state index contributed by atoms with van der Waals surface area (Å²) in [6, 6.07) is 13.7. The van der Waals surface area contributed by atoms with Gasteiger partial charge in [0.25, 0.3) is 5.91 Å². The highest BCUT2D eigenvalue weighted by molar-refractivity contribution is 6.34. The molecule has 6 nitrogen and oxygen atoms in total. The number of nitrogens with one attached hydrogen (secondary N) is 2. The van der Waals surface area contributed by atoms with Crippen LogP contribution in [0.5, 0.6) is 0 Å². The molecule has 2 N–H and O–H groups in total. The van der Waals surface area contributed by atoms with Gasteiger partial charge in [-0.3, -0.25) is 10.1 Å². The molecule has 1 aliphatic carbocycles. The van der Waals surface area contributed by atoms with Crippen LogP contribution in [0.2, 0.25) is 10.0 Å². The van der Waals surface area contributed by atoms with Gasteiger partial charge >= 0.3 is 6.18 Å². The van der Waals surface area contributed by atoms with Crippen molar-refractivity contribution in [3.8, 4) is 0 Å². The average molecular weight is 510 g/mol. The van der Waals surface area contributed by atoms with Crippen LogP contribution in [0, 0.1) is 0 Å². The van der Waals surface area contributed by atoms with Gasteiger partial charge in [0.15, 0.2) is 11.5 Å². The van der Waals surface area contributed by atoms with E-state index in [1.54, 1.807) is 42.5 Å². The van der Waals surface area contributed by atoms with Crippen LogP contribution in [-0.2, 0) is 6.18 Å². The Bertz CT molecular complexity index is 1220. The maximum absolute atomic E-state index is 13.4. The number of carbonyl (C=O) groups excluding carboxylic acids is 1. The number of nitrogens with zero attached hydrogens (tertiary/aromatic N) is 3. The third-order valence-corrected chi connectivity index (χ3v) is 5.91. The van der Waals surface area contributed by atoms with E-state index >= 15 is 0 Å². The summed E-state index contributed by atoms with van der Waals surface area (Å²) in [6.07, 6.45) is -1.44. The second-order valence-electron chi connectivity index (χ2n) is 7.80. The quantitative estimate of drug-likeness (QED) is 0.298. The van der Waals surface area contributed by atoms with E-state index in [0.29, 0.717) is 23.6 Å². The number of aliphatic imine (C=N–C) groups is 1. The predicted octanol–water partition coefficient (Wildman–Crippen LogP) is 6.85. The molecule has 178 valence electrons. The molecule has 2 aromatic carbocycles. The second kappa shape index (κ2) is 10.1. The molecule has 4 rings (SSSR count). The smallest absolute Gasteiger partial charge is 0.326 e. The zero-order valence-electron chi connectivity index (χ0n) is 17.7. The van der Waals surface area contributed by atoms with Crippen LogP contribution in [0.3, 0.4) is 0 Å². The standard InChI is InChI=1S/C23H20Cl2F3N5O/c24-14-6-5-7-15(12-14)29-22(31-21(34)17-10-3-4-11-18(17)25)30-20-13-19(23(26,27)28)32-33(20)16-8-1-2-9-16/h3-7,10-13,16H,1-2,8-9H2,(H2,29,30,31,34). The minimum absolute atomic E-state index is 0.0248. The van der Waals surface area contributed by atoms with Crippen molar-refractivity contribution in [2.45, 2.75) is 37.9 Å². The Morgan fingerprint density at radius 3 is 2.47 bits per heavy atom. The molecule has 1 fully saturated rings. The number of halogens is 5. The topological polar surface area (TPSA) is 71.3 Å². The lowest BCUT2D eigenvalue weighted by Crippen LogP contribution is -2.36. The molecule has 1 amide bonds. The van der Waals surface area contributed by atoms with Gasteiger partial charge in [0, 0.05) is 16.8 Å². The minimum Gasteiger partial charge on any atom is -0.326 e. The largest absolute Gasteiger partial charge is 0.435 e. The van der Waals surface area contributed by atoms with Gasteiger partial charge in [-0.2, -0.15) is 23.3 Å². The van der Waals surface area contributed by atoms with E-state index in [-0.39, 0.29) is 28.4 Å². The Kier molecular flexibility index (Phi) is 7.13. The van der Waals surface area contributed by atoms with Gasteiger partial charge in [0.2, 0.25) is 5.96 Å². The number of guanidine groups is 1. The van der Waals surface area contributed by atoms with Crippen LogP contribution < -0.4 is 10.6 Å². The molecule has 11 heteroatoms. The third-order valence-electron chi connectivity index (χ3n) is 5.34. The Morgan fingerprint density at radius 2 is 1.79 bits per heavy atom. The number of benzene rings is 2. The summed E-state index contributed by atoms with van der Waals surface area (Å²) in [5.41, 5.74) is -0.378. The summed E-state index contributed by atoms with van der Waals surface area (Å²) in [5, 5.41) is 9.97. The SMILES string of the molecule is O=C(NC(=Nc1cc(C(F)(F)F)nn1C1CCCC1)Nc1cccc(Cl)c1)c1ccccc1Cl. The Hall–Kier alpha value is -3.04. The molecule has 0 bridgehead atoms. The maximum atomic E-state index is 13.4. The normalized spacial score (nSPS) is 14.9. The molecule has 1 aliphatic rings. The summed E-state index contributed by atoms with van der Waals surface area (Å²) in [5.74, 6) is -0.704. The first-order valence-corrected chi connectivity index (χ1v) is 11.3. The summed E-state index contributed by atoms with van der Waals surface area (Å²) >= 11 is 12.2. The summed E-state index contributed by atoms with van der Waals surface area (Å²) < 4.78 is 41.6. The molecule has 1 aromatic heterocycles. The van der Waals surface area contributed by atoms with Crippen molar-refractivity contribution in [2.24, 2.45) is 4.99 Å². The average Bonchev–Trinajstić information content (AvgIpc) is 3.43. The highest BCUT2D eigenvalue weighted by Gasteiger charge is 2.36. The molecular formula is C23H20Cl2F3N5O. The first-order valence-electron chi connectivity index (χ1n) is 10.5. The predicted molar refractivity (Wildman–Crippen MR) is 126 cm³/mol. The monoisotopic (exact) mass is 509 g/mol. The maximum Gasteiger partial charge on any atom is 0.435 e. The molecule has 1 saturated carbocycles. The van der Waals surface area contributed by atoms with Gasteiger partial charge < -0.3 is 5.32 Å². The van der Waals surface area contributed by atoms with E-state index in [0.717, 1.165) is 18.9 Å². The third kappa shape index (κ3) is 5.71. The van der Waals surface area contributed by atoms with Crippen LogP contribution >= 0.6 is 23.2 Å². The van der Waals surface area contributed by atoms with E-state index in [4.69, 9.17) is 23.2 Å². The molecule has 1 heterocycles. The number of alkyl halides is 3. The summed E-state index contributed by atoms with van der Waals surface area (Å²) in [7, 11) is 0. The summed E-state index contributed by atoms with van der Waals surface area (Å²) in [6.45, 7) is 0. The molecule has 34 heavy (non-hydrogen) atoms. The highest BCUT2D eigenvalue weighted by Crippen LogP contribution is 2.37. The van der Waals surface area contributed by atoms with E-state index < -0.39 is 17.8 Å². The number of rotatable bonds is 4. The Labute approximate surface area is 203 Å². The van der Waals surface area contributed by atoms with Crippen molar-refractivity contribution >= 4 is 46.6 Å². The Balaban J connectivity index is 1.74.